The standard InChI is InChI=1S/C11H11NO4/c1-15-7-2-4-10-8(6-7)9(12-16-10)3-5-11(13)14/h2,4,6H,3,5H2,1H3,(H,13,14). The summed E-state index contributed by atoms with van der Waals surface area (Å²) >= 11 is 0. The van der Waals surface area contributed by atoms with Crippen LogP contribution in [0.1, 0.15) is 12.1 Å². The average molecular weight is 221 g/mol. The molecule has 0 saturated heterocycles. The van der Waals surface area contributed by atoms with E-state index in [1.54, 1.807) is 25.3 Å². The minimum absolute atomic E-state index is 0.0405. The first-order valence-corrected chi connectivity index (χ1v) is 4.85. The van der Waals surface area contributed by atoms with Crippen LogP contribution in [0.25, 0.3) is 11.0 Å². The molecule has 5 heteroatoms. The predicted molar refractivity (Wildman–Crippen MR) is 56.5 cm³/mol. The Morgan fingerprint density at radius 1 is 1.56 bits per heavy atom. The molecule has 0 unspecified atom stereocenters. The molecule has 0 fully saturated rings. The van der Waals surface area contributed by atoms with Crippen molar-refractivity contribution in [3.05, 3.63) is 23.9 Å². The summed E-state index contributed by atoms with van der Waals surface area (Å²) in [6.07, 6.45) is 0.397. The highest BCUT2D eigenvalue weighted by molar-refractivity contribution is 5.81. The van der Waals surface area contributed by atoms with Gasteiger partial charge in [0.1, 0.15) is 5.75 Å². The lowest BCUT2D eigenvalue weighted by molar-refractivity contribution is -0.136. The highest BCUT2D eigenvalue weighted by atomic mass is 16.5. The van der Waals surface area contributed by atoms with Gasteiger partial charge in [-0.2, -0.15) is 0 Å². The molecule has 2 rings (SSSR count). The van der Waals surface area contributed by atoms with E-state index in [9.17, 15) is 4.79 Å². The van der Waals surface area contributed by atoms with E-state index in [2.05, 4.69) is 5.16 Å². The molecule has 0 radical (unpaired) electrons. The second kappa shape index (κ2) is 4.22. The lowest BCUT2D eigenvalue weighted by Crippen LogP contribution is -1.97. The molecular formula is C11H11NO4. The Kier molecular flexibility index (Phi) is 2.76. The molecule has 0 aliphatic heterocycles. The number of benzene rings is 1. The van der Waals surface area contributed by atoms with Crippen LogP contribution in [0, 0.1) is 0 Å². The minimum atomic E-state index is -0.848. The van der Waals surface area contributed by atoms with Crippen molar-refractivity contribution < 1.29 is 19.2 Å². The number of fused-ring (bicyclic) bond motifs is 1. The number of hydrogen-bond acceptors (Lipinski definition) is 4. The third kappa shape index (κ3) is 1.98. The van der Waals surface area contributed by atoms with Gasteiger partial charge in [0.2, 0.25) is 0 Å². The number of carbonyl (C=O) groups is 1. The quantitative estimate of drug-likeness (QED) is 0.852. The Morgan fingerprint density at radius 2 is 2.38 bits per heavy atom. The second-order valence-corrected chi connectivity index (χ2v) is 3.39. The van der Waals surface area contributed by atoms with E-state index in [-0.39, 0.29) is 6.42 Å². The van der Waals surface area contributed by atoms with Crippen LogP contribution in [-0.4, -0.2) is 23.3 Å². The molecule has 1 N–H and O–H groups in total. The van der Waals surface area contributed by atoms with Crippen LogP contribution in [0.3, 0.4) is 0 Å². The topological polar surface area (TPSA) is 72.6 Å². The first kappa shape index (κ1) is 10.5. The highest BCUT2D eigenvalue weighted by Crippen LogP contribution is 2.24. The number of nitrogens with zero attached hydrogens (tertiary/aromatic N) is 1. The Hall–Kier alpha value is -2.04. The van der Waals surface area contributed by atoms with Crippen LogP contribution in [0.2, 0.25) is 0 Å². The molecule has 0 spiro atoms. The van der Waals surface area contributed by atoms with Crippen molar-refractivity contribution in [1.82, 2.24) is 5.16 Å². The molecule has 0 amide bonds. The Labute approximate surface area is 91.6 Å². The fraction of sp³-hybridized carbons (Fsp3) is 0.273. The number of carboxylic acids is 1. The smallest absolute Gasteiger partial charge is 0.303 e. The summed E-state index contributed by atoms with van der Waals surface area (Å²) in [6, 6.07) is 5.32. The van der Waals surface area contributed by atoms with Crippen molar-refractivity contribution in [1.29, 1.82) is 0 Å². The second-order valence-electron chi connectivity index (χ2n) is 3.39. The van der Waals surface area contributed by atoms with Crippen molar-refractivity contribution in [2.24, 2.45) is 0 Å². The maximum atomic E-state index is 10.5. The molecule has 1 aromatic heterocycles. The van der Waals surface area contributed by atoms with E-state index in [1.807, 2.05) is 0 Å². The molecule has 0 aliphatic carbocycles. The molecule has 1 aromatic carbocycles. The van der Waals surface area contributed by atoms with Gasteiger partial charge in [0.25, 0.3) is 0 Å². The van der Waals surface area contributed by atoms with Crippen LogP contribution in [0.15, 0.2) is 22.7 Å². The van der Waals surface area contributed by atoms with Crippen LogP contribution in [0.5, 0.6) is 5.75 Å². The van der Waals surface area contributed by atoms with Gasteiger partial charge in [0.05, 0.1) is 19.2 Å². The van der Waals surface area contributed by atoms with E-state index in [0.717, 1.165) is 5.39 Å². The van der Waals surface area contributed by atoms with Crippen LogP contribution >= 0.6 is 0 Å². The molecule has 0 saturated carbocycles. The summed E-state index contributed by atoms with van der Waals surface area (Å²) in [5, 5.41) is 13.3. The summed E-state index contributed by atoms with van der Waals surface area (Å²) in [5.74, 6) is -0.147. The fourth-order valence-corrected chi connectivity index (χ4v) is 1.50. The maximum Gasteiger partial charge on any atom is 0.303 e. The molecule has 5 nitrogen and oxygen atoms in total. The number of carboxylic acid groups (broad SMARTS) is 1. The van der Waals surface area contributed by atoms with Crippen molar-refractivity contribution >= 4 is 16.9 Å². The number of aliphatic carboxylic acids is 1. The molecular weight excluding hydrogens is 210 g/mol. The lowest BCUT2D eigenvalue weighted by atomic mass is 10.1. The van der Waals surface area contributed by atoms with E-state index in [1.165, 1.54) is 0 Å². The van der Waals surface area contributed by atoms with E-state index in [4.69, 9.17) is 14.4 Å². The van der Waals surface area contributed by atoms with Crippen LogP contribution in [0.4, 0.5) is 0 Å². The third-order valence-corrected chi connectivity index (χ3v) is 2.33. The summed E-state index contributed by atoms with van der Waals surface area (Å²) in [4.78, 5) is 10.5. The van der Waals surface area contributed by atoms with E-state index < -0.39 is 5.97 Å². The van der Waals surface area contributed by atoms with Gasteiger partial charge in [-0.15, -0.1) is 0 Å². The van der Waals surface area contributed by atoms with E-state index >= 15 is 0 Å². The van der Waals surface area contributed by atoms with Gasteiger partial charge in [0.15, 0.2) is 5.58 Å². The monoisotopic (exact) mass is 221 g/mol. The molecule has 1 heterocycles. The zero-order valence-corrected chi connectivity index (χ0v) is 8.77. The number of methoxy groups -OCH3 is 1. The van der Waals surface area contributed by atoms with Crippen LogP contribution < -0.4 is 4.74 Å². The largest absolute Gasteiger partial charge is 0.497 e. The van der Waals surface area contributed by atoms with Gasteiger partial charge >= 0.3 is 5.97 Å². The van der Waals surface area contributed by atoms with Crippen LogP contribution in [-0.2, 0) is 11.2 Å². The Bertz CT molecular complexity index is 518. The molecule has 0 atom stereocenters. The van der Waals surface area contributed by atoms with Gasteiger partial charge in [-0.05, 0) is 18.2 Å². The zero-order valence-electron chi connectivity index (χ0n) is 8.77. The van der Waals surface area contributed by atoms with Crippen molar-refractivity contribution in [3.8, 4) is 5.75 Å². The highest BCUT2D eigenvalue weighted by Gasteiger charge is 2.10. The van der Waals surface area contributed by atoms with Gasteiger partial charge < -0.3 is 14.4 Å². The molecule has 2 aromatic rings. The van der Waals surface area contributed by atoms with Crippen molar-refractivity contribution in [3.63, 3.8) is 0 Å². The first-order valence-electron chi connectivity index (χ1n) is 4.85. The summed E-state index contributed by atoms with van der Waals surface area (Å²) in [7, 11) is 1.58. The normalized spacial score (nSPS) is 10.6. The molecule has 16 heavy (non-hydrogen) atoms. The van der Waals surface area contributed by atoms with Gasteiger partial charge in [-0.25, -0.2) is 0 Å². The minimum Gasteiger partial charge on any atom is -0.497 e. The van der Waals surface area contributed by atoms with Gasteiger partial charge in [0, 0.05) is 11.8 Å². The van der Waals surface area contributed by atoms with Gasteiger partial charge in [-0.3, -0.25) is 4.79 Å². The van der Waals surface area contributed by atoms with Gasteiger partial charge in [-0.1, -0.05) is 5.16 Å². The fourth-order valence-electron chi connectivity index (χ4n) is 1.50. The Morgan fingerprint density at radius 3 is 3.06 bits per heavy atom. The predicted octanol–water partition coefficient (Wildman–Crippen LogP) is 1.85. The Balaban J connectivity index is 2.34. The molecule has 0 bridgehead atoms. The van der Waals surface area contributed by atoms with Crippen molar-refractivity contribution in [2.45, 2.75) is 12.8 Å². The number of hydrogen-bond donors (Lipinski definition) is 1. The number of ether oxygens (including phenoxy) is 1. The molecule has 0 aliphatic rings. The first-order chi connectivity index (χ1) is 7.70. The van der Waals surface area contributed by atoms with E-state index in [0.29, 0.717) is 23.4 Å². The maximum absolute atomic E-state index is 10.5. The SMILES string of the molecule is COc1ccc2onc(CCC(=O)O)c2c1. The summed E-state index contributed by atoms with van der Waals surface area (Å²) < 4.78 is 10.2. The zero-order chi connectivity index (χ0) is 11.5. The third-order valence-electron chi connectivity index (χ3n) is 2.33. The van der Waals surface area contributed by atoms with Crippen molar-refractivity contribution in [2.75, 3.05) is 7.11 Å². The number of aryl methyl sites for hydroxylation is 1. The lowest BCUT2D eigenvalue weighted by Gasteiger charge is -1.98. The summed E-state index contributed by atoms with van der Waals surface area (Å²) in [5.41, 5.74) is 1.29. The molecule has 84 valence electrons. The number of rotatable bonds is 4. The number of aromatic nitrogens is 1. The summed E-state index contributed by atoms with van der Waals surface area (Å²) in [6.45, 7) is 0. The average Bonchev–Trinajstić information content (AvgIpc) is 2.68.